The molecule has 0 fully saturated rings. The van der Waals surface area contributed by atoms with Gasteiger partial charge in [-0.3, -0.25) is 5.41 Å². The molecule has 0 heterocycles. The summed E-state index contributed by atoms with van der Waals surface area (Å²) >= 11 is 4.62. The molecule has 2 nitrogen and oxygen atoms in total. The molecule has 3 N–H and O–H groups in total. The van der Waals surface area contributed by atoms with E-state index < -0.39 is 0 Å². The average molecular weight is 163 g/mol. The van der Waals surface area contributed by atoms with E-state index in [4.69, 9.17) is 11.1 Å². The molecule has 3 heteroatoms. The monoisotopic (exact) mass is 163 g/mol. The predicted molar refractivity (Wildman–Crippen MR) is 49.2 cm³/mol. The average Bonchev–Trinajstić information content (AvgIpc) is 2.04. The summed E-state index contributed by atoms with van der Waals surface area (Å²) in [5.41, 5.74) is 6.63. The van der Waals surface area contributed by atoms with Crippen LogP contribution < -0.4 is 5.73 Å². The number of nitrogens with one attached hydrogen (secondary N) is 1. The van der Waals surface area contributed by atoms with E-state index in [1.807, 2.05) is 12.1 Å². The van der Waals surface area contributed by atoms with Crippen molar-refractivity contribution in [3.05, 3.63) is 35.4 Å². The van der Waals surface area contributed by atoms with Crippen LogP contribution in [0.2, 0.25) is 0 Å². The summed E-state index contributed by atoms with van der Waals surface area (Å²) in [6.07, 6.45) is 0. The lowest BCUT2D eigenvalue weighted by Crippen LogP contribution is -2.13. The molecule has 1 rings (SSSR count). The topological polar surface area (TPSA) is 49.9 Å². The first-order chi connectivity index (χ1) is 5.25. The summed E-state index contributed by atoms with van der Waals surface area (Å²) in [6.45, 7) is 0. The van der Waals surface area contributed by atoms with Crippen LogP contribution in [-0.4, -0.2) is 11.2 Å². The molecule has 0 atom stereocenters. The molecule has 0 aliphatic heterocycles. The third-order valence-electron chi connectivity index (χ3n) is 1.33. The first-order valence-corrected chi connectivity index (χ1v) is 3.48. The number of rotatable bonds is 2. The highest BCUT2D eigenvalue weighted by Gasteiger charge is 1.99. The predicted octanol–water partition coefficient (Wildman–Crippen LogP) is 1.20. The van der Waals surface area contributed by atoms with E-state index in [2.05, 4.69) is 17.6 Å². The molecule has 11 heavy (non-hydrogen) atoms. The number of benzene rings is 1. The molecule has 0 aliphatic carbocycles. The SMILES string of the molecule is N=C(N)c1ccccc1[C]=S. The van der Waals surface area contributed by atoms with E-state index in [0.717, 1.165) is 0 Å². The van der Waals surface area contributed by atoms with Gasteiger partial charge < -0.3 is 5.73 Å². The van der Waals surface area contributed by atoms with Gasteiger partial charge in [-0.1, -0.05) is 36.5 Å². The molecule has 0 spiro atoms. The van der Waals surface area contributed by atoms with Crippen molar-refractivity contribution in [1.82, 2.24) is 0 Å². The number of amidine groups is 1. The van der Waals surface area contributed by atoms with Gasteiger partial charge >= 0.3 is 0 Å². The van der Waals surface area contributed by atoms with Gasteiger partial charge in [-0.2, -0.15) is 0 Å². The van der Waals surface area contributed by atoms with Crippen molar-refractivity contribution in [1.29, 1.82) is 5.41 Å². The van der Waals surface area contributed by atoms with Crippen molar-refractivity contribution in [3.63, 3.8) is 0 Å². The quantitative estimate of drug-likeness (QED) is 0.391. The van der Waals surface area contributed by atoms with Crippen LogP contribution in [0.5, 0.6) is 0 Å². The third-order valence-corrected chi connectivity index (χ3v) is 1.55. The van der Waals surface area contributed by atoms with Crippen LogP contribution in [0.3, 0.4) is 0 Å². The van der Waals surface area contributed by atoms with Gasteiger partial charge in [0.1, 0.15) is 5.84 Å². The first-order valence-electron chi connectivity index (χ1n) is 3.07. The summed E-state index contributed by atoms with van der Waals surface area (Å²) in [5, 5.41) is 9.71. The summed E-state index contributed by atoms with van der Waals surface area (Å²) < 4.78 is 0. The Labute approximate surface area is 70.5 Å². The van der Waals surface area contributed by atoms with Gasteiger partial charge in [0.15, 0.2) is 0 Å². The summed E-state index contributed by atoms with van der Waals surface area (Å²) in [6, 6.07) is 7.18. The minimum atomic E-state index is 0.0259. The molecule has 1 aromatic carbocycles. The highest BCUT2D eigenvalue weighted by molar-refractivity contribution is 7.79. The Balaban J connectivity index is 3.22. The van der Waals surface area contributed by atoms with E-state index in [-0.39, 0.29) is 5.84 Å². The van der Waals surface area contributed by atoms with E-state index in [0.29, 0.717) is 11.1 Å². The Morgan fingerprint density at radius 2 is 2.09 bits per heavy atom. The fourth-order valence-corrected chi connectivity index (χ4v) is 0.985. The Kier molecular flexibility index (Phi) is 2.33. The van der Waals surface area contributed by atoms with Gasteiger partial charge in [-0.15, -0.1) is 0 Å². The molecule has 0 aromatic heterocycles. The fourth-order valence-electron chi connectivity index (χ4n) is 0.807. The number of nitrogens with two attached hydrogens (primary N) is 1. The second kappa shape index (κ2) is 3.25. The summed E-state index contributed by atoms with van der Waals surface area (Å²) in [5.74, 6) is 0.0259. The van der Waals surface area contributed by atoms with E-state index in [1.54, 1.807) is 12.1 Å². The van der Waals surface area contributed by atoms with Crippen molar-refractivity contribution < 1.29 is 0 Å². The van der Waals surface area contributed by atoms with Gasteiger partial charge in [0.2, 0.25) is 0 Å². The van der Waals surface area contributed by atoms with E-state index in [9.17, 15) is 0 Å². The highest BCUT2D eigenvalue weighted by atomic mass is 32.1. The Bertz CT molecular complexity index is 294. The molecule has 1 radical (unpaired) electrons. The van der Waals surface area contributed by atoms with Crippen LogP contribution in [0, 0.1) is 5.41 Å². The smallest absolute Gasteiger partial charge is 0.123 e. The second-order valence-electron chi connectivity index (χ2n) is 2.06. The maximum absolute atomic E-state index is 7.17. The van der Waals surface area contributed by atoms with Crippen LogP contribution in [-0.2, 0) is 0 Å². The number of hydrogen-bond donors (Lipinski definition) is 2. The van der Waals surface area contributed by atoms with Gasteiger partial charge in [0.05, 0.1) is 5.37 Å². The normalized spacial score (nSPS) is 9.09. The maximum Gasteiger partial charge on any atom is 0.123 e. The minimum Gasteiger partial charge on any atom is -0.384 e. The van der Waals surface area contributed by atoms with Crippen LogP contribution >= 0.6 is 12.2 Å². The molecular weight excluding hydrogens is 156 g/mol. The molecule has 0 saturated carbocycles. The lowest BCUT2D eigenvalue weighted by Gasteiger charge is -2.00. The molecule has 1 aromatic rings. The van der Waals surface area contributed by atoms with Crippen molar-refractivity contribution in [3.8, 4) is 0 Å². The number of nitrogen functional groups attached to an aromatic ring is 1. The van der Waals surface area contributed by atoms with Gasteiger partial charge in [0, 0.05) is 11.1 Å². The lowest BCUT2D eigenvalue weighted by molar-refractivity contribution is 1.42. The van der Waals surface area contributed by atoms with Gasteiger partial charge in [-0.05, 0) is 0 Å². The zero-order valence-electron chi connectivity index (χ0n) is 5.79. The first kappa shape index (κ1) is 7.88. The lowest BCUT2D eigenvalue weighted by atomic mass is 10.1. The van der Waals surface area contributed by atoms with Crippen molar-refractivity contribution >= 4 is 23.4 Å². The van der Waals surface area contributed by atoms with Crippen LogP contribution in [0.4, 0.5) is 0 Å². The van der Waals surface area contributed by atoms with Crippen molar-refractivity contribution in [2.75, 3.05) is 0 Å². The number of hydrogen-bond acceptors (Lipinski definition) is 2. The zero-order chi connectivity index (χ0) is 8.27. The van der Waals surface area contributed by atoms with Crippen LogP contribution in [0.1, 0.15) is 11.1 Å². The molecule has 0 aliphatic rings. The fraction of sp³-hybridized carbons (Fsp3) is 0. The molecule has 55 valence electrons. The van der Waals surface area contributed by atoms with Crippen molar-refractivity contribution in [2.24, 2.45) is 5.73 Å². The second-order valence-corrected chi connectivity index (χ2v) is 2.27. The Hall–Kier alpha value is -1.22. The molecular formula is C8H7N2S. The number of thiocarbonyl (C=S) groups is 1. The van der Waals surface area contributed by atoms with Crippen LogP contribution in [0.25, 0.3) is 0 Å². The Morgan fingerprint density at radius 1 is 1.45 bits per heavy atom. The van der Waals surface area contributed by atoms with E-state index in [1.165, 1.54) is 0 Å². The highest BCUT2D eigenvalue weighted by Crippen LogP contribution is 2.04. The summed E-state index contributed by atoms with van der Waals surface area (Å²) in [4.78, 5) is 0. The minimum absolute atomic E-state index is 0.0259. The zero-order valence-corrected chi connectivity index (χ0v) is 6.61. The molecule has 0 bridgehead atoms. The maximum atomic E-state index is 7.17. The Morgan fingerprint density at radius 3 is 2.55 bits per heavy atom. The van der Waals surface area contributed by atoms with E-state index >= 15 is 0 Å². The molecule has 0 amide bonds. The van der Waals surface area contributed by atoms with Crippen LogP contribution in [0.15, 0.2) is 24.3 Å². The molecule has 0 saturated heterocycles. The third kappa shape index (κ3) is 1.62. The van der Waals surface area contributed by atoms with Gasteiger partial charge in [-0.25, -0.2) is 0 Å². The molecule has 0 unspecified atom stereocenters. The summed E-state index contributed by atoms with van der Waals surface area (Å²) in [7, 11) is 0. The standard InChI is InChI=1S/C8H7N2S/c9-8(10)7-4-2-1-3-6(7)5-11/h1-4H,(H3,9,10). The van der Waals surface area contributed by atoms with Gasteiger partial charge in [0.25, 0.3) is 0 Å². The largest absolute Gasteiger partial charge is 0.384 e. The van der Waals surface area contributed by atoms with Crippen molar-refractivity contribution in [2.45, 2.75) is 0 Å².